The molecule has 1 amide bonds. The largest absolute Gasteiger partial charge is 0.353 e. The molecule has 0 aliphatic carbocycles. The number of nitrogens with one attached hydrogen (secondary N) is 2. The third-order valence-corrected chi connectivity index (χ3v) is 9.17. The van der Waals surface area contributed by atoms with E-state index in [0.717, 1.165) is 37.0 Å². The maximum Gasteiger partial charge on any atom is 0.252 e. The van der Waals surface area contributed by atoms with Crippen molar-refractivity contribution in [3.8, 4) is 0 Å². The van der Waals surface area contributed by atoms with Crippen LogP contribution in [-0.2, 0) is 21.2 Å². The Bertz CT molecular complexity index is 750. The Morgan fingerprint density at radius 2 is 1.81 bits per heavy atom. The van der Waals surface area contributed by atoms with Gasteiger partial charge in [-0.2, -0.15) is 4.31 Å². The predicted octanol–water partition coefficient (Wildman–Crippen LogP) is 2.29. The van der Waals surface area contributed by atoms with Gasteiger partial charge >= 0.3 is 0 Å². The molecule has 2 unspecified atom stereocenters. The minimum atomic E-state index is -3.40. The van der Waals surface area contributed by atoms with E-state index < -0.39 is 10.0 Å². The smallest absolute Gasteiger partial charge is 0.252 e. The van der Waals surface area contributed by atoms with Crippen molar-refractivity contribution < 1.29 is 13.2 Å². The fourth-order valence-corrected chi connectivity index (χ4v) is 7.46. The number of carbonyl (C=O) groups excluding carboxylic acids is 1. The molecule has 2 bridgehead atoms. The van der Waals surface area contributed by atoms with E-state index in [1.54, 1.807) is 16.4 Å². The maximum absolute atomic E-state index is 12.7. The summed E-state index contributed by atoms with van der Waals surface area (Å²) in [5.74, 6) is 0.0000652. The molecule has 3 aliphatic rings. The molecule has 3 fully saturated rings. The first kappa shape index (κ1) is 21.0. The second kappa shape index (κ2) is 8.78. The second-order valence-electron chi connectivity index (χ2n) is 7.74. The molecule has 3 aliphatic heterocycles. The Morgan fingerprint density at radius 3 is 2.48 bits per heavy atom. The van der Waals surface area contributed by atoms with Gasteiger partial charge in [-0.05, 0) is 50.7 Å². The molecular formula is C18H28ClN3O3S2. The summed E-state index contributed by atoms with van der Waals surface area (Å²) in [5.41, 5.74) is 0. The van der Waals surface area contributed by atoms with E-state index in [4.69, 9.17) is 0 Å². The summed E-state index contributed by atoms with van der Waals surface area (Å²) in [6.07, 6.45) is 7.64. The Kier molecular flexibility index (Phi) is 6.84. The highest BCUT2D eigenvalue weighted by Gasteiger charge is 2.34. The topological polar surface area (TPSA) is 78.5 Å². The fraction of sp³-hybridized carbons (Fsp3) is 0.722. The van der Waals surface area contributed by atoms with E-state index in [1.807, 2.05) is 0 Å². The molecule has 9 heteroatoms. The van der Waals surface area contributed by atoms with Gasteiger partial charge in [0.25, 0.3) is 10.0 Å². The van der Waals surface area contributed by atoms with E-state index >= 15 is 0 Å². The molecular weight excluding hydrogens is 406 g/mol. The highest BCUT2D eigenvalue weighted by Crippen LogP contribution is 2.28. The number of rotatable bonds is 5. The number of nitrogens with zero attached hydrogens (tertiary/aromatic N) is 1. The van der Waals surface area contributed by atoms with Crippen LogP contribution in [0.25, 0.3) is 0 Å². The minimum absolute atomic E-state index is 0. The zero-order valence-corrected chi connectivity index (χ0v) is 17.8. The van der Waals surface area contributed by atoms with Gasteiger partial charge in [0.15, 0.2) is 0 Å². The van der Waals surface area contributed by atoms with Crippen LogP contribution in [0.3, 0.4) is 0 Å². The van der Waals surface area contributed by atoms with Crippen LogP contribution in [0.2, 0.25) is 0 Å². The number of fused-ring (bicyclic) bond motifs is 2. The Labute approximate surface area is 171 Å². The summed E-state index contributed by atoms with van der Waals surface area (Å²) in [6, 6.07) is 4.77. The highest BCUT2D eigenvalue weighted by molar-refractivity contribution is 7.91. The van der Waals surface area contributed by atoms with Gasteiger partial charge in [0.2, 0.25) is 5.91 Å². The first-order chi connectivity index (χ1) is 12.5. The van der Waals surface area contributed by atoms with Crippen LogP contribution in [0.4, 0.5) is 0 Å². The van der Waals surface area contributed by atoms with Gasteiger partial charge in [0.05, 0.1) is 6.42 Å². The number of halogens is 1. The standard InChI is InChI=1S/C18H27N3O3S2.ClH/c22-17(20-15-10-13-4-5-14(11-15)19-13)12-16-6-7-18(25-16)26(23,24)21-8-2-1-3-9-21;/h6-7,13-15,19H,1-5,8-12H2,(H,20,22);1H. The molecule has 27 heavy (non-hydrogen) atoms. The normalized spacial score (nSPS) is 28.5. The van der Waals surface area contributed by atoms with E-state index in [2.05, 4.69) is 10.6 Å². The quantitative estimate of drug-likeness (QED) is 0.746. The number of hydrogen-bond donors (Lipinski definition) is 2. The lowest BCUT2D eigenvalue weighted by molar-refractivity contribution is -0.121. The first-order valence-corrected chi connectivity index (χ1v) is 11.9. The zero-order valence-electron chi connectivity index (χ0n) is 15.4. The summed E-state index contributed by atoms with van der Waals surface area (Å²) in [5, 5.41) is 6.72. The summed E-state index contributed by atoms with van der Waals surface area (Å²) >= 11 is 1.23. The summed E-state index contributed by atoms with van der Waals surface area (Å²) in [7, 11) is -3.40. The van der Waals surface area contributed by atoms with Crippen molar-refractivity contribution in [2.75, 3.05) is 13.1 Å². The van der Waals surface area contributed by atoms with Crippen LogP contribution < -0.4 is 10.6 Å². The van der Waals surface area contributed by atoms with Gasteiger partial charge in [0, 0.05) is 36.1 Å². The summed E-state index contributed by atoms with van der Waals surface area (Å²) in [6.45, 7) is 1.21. The molecule has 0 spiro atoms. The third-order valence-electron chi connectivity index (χ3n) is 5.72. The molecule has 6 nitrogen and oxygen atoms in total. The number of piperidine rings is 2. The van der Waals surface area contributed by atoms with Crippen LogP contribution in [0.1, 0.15) is 49.8 Å². The van der Waals surface area contributed by atoms with Gasteiger partial charge in [0.1, 0.15) is 4.21 Å². The van der Waals surface area contributed by atoms with Crippen LogP contribution >= 0.6 is 23.7 Å². The van der Waals surface area contributed by atoms with Crippen molar-refractivity contribution >= 4 is 39.7 Å². The SMILES string of the molecule is Cl.O=C(Cc1ccc(S(=O)(=O)N2CCCCC2)s1)NC1CC2CCC(C1)N2. The van der Waals surface area contributed by atoms with Gasteiger partial charge in [-0.3, -0.25) is 4.79 Å². The molecule has 0 saturated carbocycles. The van der Waals surface area contributed by atoms with Gasteiger partial charge in [-0.1, -0.05) is 6.42 Å². The van der Waals surface area contributed by atoms with Gasteiger partial charge < -0.3 is 10.6 Å². The number of thiophene rings is 1. The lowest BCUT2D eigenvalue weighted by Crippen LogP contribution is -2.48. The molecule has 0 radical (unpaired) electrons. The molecule has 1 aromatic heterocycles. The van der Waals surface area contributed by atoms with E-state index in [9.17, 15) is 13.2 Å². The number of hydrogen-bond acceptors (Lipinski definition) is 5. The van der Waals surface area contributed by atoms with Crippen molar-refractivity contribution in [3.05, 3.63) is 17.0 Å². The third kappa shape index (κ3) is 4.85. The molecule has 152 valence electrons. The van der Waals surface area contributed by atoms with E-state index in [0.29, 0.717) is 29.4 Å². The van der Waals surface area contributed by atoms with Crippen molar-refractivity contribution in [2.45, 2.75) is 73.7 Å². The average Bonchev–Trinajstić information content (AvgIpc) is 3.22. The Balaban J connectivity index is 0.00000210. The lowest BCUT2D eigenvalue weighted by atomic mass is 10.00. The minimum Gasteiger partial charge on any atom is -0.353 e. The Hall–Kier alpha value is -0.670. The molecule has 4 heterocycles. The highest BCUT2D eigenvalue weighted by atomic mass is 35.5. The van der Waals surface area contributed by atoms with E-state index in [-0.39, 0.29) is 30.8 Å². The number of carbonyl (C=O) groups is 1. The van der Waals surface area contributed by atoms with Crippen molar-refractivity contribution in [1.82, 2.24) is 14.9 Å². The molecule has 3 saturated heterocycles. The van der Waals surface area contributed by atoms with Gasteiger partial charge in [-0.15, -0.1) is 23.7 Å². The van der Waals surface area contributed by atoms with Crippen molar-refractivity contribution in [2.24, 2.45) is 0 Å². The van der Waals surface area contributed by atoms with Crippen LogP contribution in [0.15, 0.2) is 16.3 Å². The second-order valence-corrected chi connectivity index (χ2v) is 11.1. The van der Waals surface area contributed by atoms with Crippen molar-refractivity contribution in [3.63, 3.8) is 0 Å². The first-order valence-electron chi connectivity index (χ1n) is 9.65. The van der Waals surface area contributed by atoms with Crippen LogP contribution in [-0.4, -0.2) is 49.8 Å². The van der Waals surface area contributed by atoms with Crippen LogP contribution in [0.5, 0.6) is 0 Å². The number of sulfonamides is 1. The summed E-state index contributed by atoms with van der Waals surface area (Å²) in [4.78, 5) is 13.2. The molecule has 0 aromatic carbocycles. The lowest BCUT2D eigenvalue weighted by Gasteiger charge is -2.29. The van der Waals surface area contributed by atoms with Gasteiger partial charge in [-0.25, -0.2) is 8.42 Å². The molecule has 2 atom stereocenters. The maximum atomic E-state index is 12.7. The number of amides is 1. The molecule has 4 rings (SSSR count). The zero-order chi connectivity index (χ0) is 18.1. The fourth-order valence-electron chi connectivity index (χ4n) is 4.44. The van der Waals surface area contributed by atoms with Crippen molar-refractivity contribution in [1.29, 1.82) is 0 Å². The molecule has 1 aromatic rings. The summed E-state index contributed by atoms with van der Waals surface area (Å²) < 4.78 is 27.4. The predicted molar refractivity (Wildman–Crippen MR) is 109 cm³/mol. The Morgan fingerprint density at radius 1 is 1.15 bits per heavy atom. The van der Waals surface area contributed by atoms with Crippen LogP contribution in [0, 0.1) is 0 Å². The average molecular weight is 434 g/mol. The van der Waals surface area contributed by atoms with E-state index in [1.165, 1.54) is 24.2 Å². The molecule has 2 N–H and O–H groups in total. The monoisotopic (exact) mass is 433 g/mol.